The molecule has 0 aliphatic carbocycles. The maximum atomic E-state index is 7.99. The average Bonchev–Trinajstić information content (AvgIpc) is 2.08. The predicted octanol–water partition coefficient (Wildman–Crippen LogP) is 2.09. The second-order valence-corrected chi connectivity index (χ2v) is 4.10. The second-order valence-electron chi connectivity index (χ2n) is 4.10. The zero-order valence-electron chi connectivity index (χ0n) is 9.29. The Labute approximate surface area is 85.5 Å². The van der Waals surface area contributed by atoms with Gasteiger partial charge in [0, 0.05) is 23.6 Å². The van der Waals surface area contributed by atoms with Crippen LogP contribution in [0.25, 0.3) is 10.4 Å². The molecule has 14 heavy (non-hydrogen) atoms. The lowest BCUT2D eigenvalue weighted by Gasteiger charge is -2.20. The molecule has 0 spiro atoms. The molecule has 0 fully saturated rings. The smallest absolute Gasteiger partial charge is 0.0522 e. The summed E-state index contributed by atoms with van der Waals surface area (Å²) in [6.07, 6.45) is 0.980. The molecule has 0 rings (SSSR count). The fourth-order valence-electron chi connectivity index (χ4n) is 0.890. The summed E-state index contributed by atoms with van der Waals surface area (Å²) in [6, 6.07) is 0. The first-order valence-corrected chi connectivity index (χ1v) is 4.90. The summed E-state index contributed by atoms with van der Waals surface area (Å²) in [5.74, 6) is 0. The van der Waals surface area contributed by atoms with Gasteiger partial charge in [-0.1, -0.05) is 5.11 Å². The van der Waals surface area contributed by atoms with Crippen LogP contribution in [0.3, 0.4) is 0 Å². The molecule has 0 aromatic heterocycles. The van der Waals surface area contributed by atoms with Crippen LogP contribution in [-0.4, -0.2) is 31.8 Å². The Morgan fingerprint density at radius 3 is 2.64 bits per heavy atom. The van der Waals surface area contributed by atoms with Crippen molar-refractivity contribution in [3.8, 4) is 0 Å². The van der Waals surface area contributed by atoms with Crippen LogP contribution in [0.15, 0.2) is 5.11 Å². The van der Waals surface area contributed by atoms with Gasteiger partial charge in [0.05, 0.1) is 6.61 Å². The number of hydrogen-bond donors (Lipinski definition) is 1. The lowest BCUT2D eigenvalue weighted by atomic mass is 10.1. The Hall–Kier alpha value is -0.770. The van der Waals surface area contributed by atoms with Crippen LogP contribution in [-0.2, 0) is 4.74 Å². The van der Waals surface area contributed by atoms with Crippen molar-refractivity contribution in [2.24, 2.45) is 5.11 Å². The van der Waals surface area contributed by atoms with Crippen molar-refractivity contribution in [3.63, 3.8) is 0 Å². The van der Waals surface area contributed by atoms with Crippen molar-refractivity contribution in [2.45, 2.75) is 32.7 Å². The van der Waals surface area contributed by atoms with E-state index in [2.05, 4.69) is 36.1 Å². The molecule has 0 unspecified atom stereocenters. The Kier molecular flexibility index (Phi) is 7.20. The quantitative estimate of drug-likeness (QED) is 0.296. The molecule has 0 aromatic carbocycles. The number of hydrogen-bond acceptors (Lipinski definition) is 3. The van der Waals surface area contributed by atoms with E-state index in [0.717, 1.165) is 13.0 Å². The molecule has 0 saturated carbocycles. The summed E-state index contributed by atoms with van der Waals surface area (Å²) in [4.78, 5) is 2.63. The molecule has 0 aromatic rings. The molecule has 0 saturated heterocycles. The minimum atomic E-state index is 0.172. The third kappa shape index (κ3) is 11.2. The van der Waals surface area contributed by atoms with Gasteiger partial charge in [0.25, 0.3) is 0 Å². The number of rotatable bonds is 7. The van der Waals surface area contributed by atoms with Crippen molar-refractivity contribution < 1.29 is 4.74 Å². The van der Waals surface area contributed by atoms with E-state index in [1.54, 1.807) is 0 Å². The minimum absolute atomic E-state index is 0.172. The largest absolute Gasteiger partial charge is 0.381 e. The third-order valence-corrected chi connectivity index (χ3v) is 1.52. The molecule has 0 heterocycles. The van der Waals surface area contributed by atoms with Crippen LogP contribution in [0.4, 0.5) is 0 Å². The predicted molar refractivity (Wildman–Crippen MR) is 57.2 cm³/mol. The fourth-order valence-corrected chi connectivity index (χ4v) is 0.890. The van der Waals surface area contributed by atoms with Crippen molar-refractivity contribution >= 4 is 0 Å². The first kappa shape index (κ1) is 13.2. The van der Waals surface area contributed by atoms with Gasteiger partial charge in [-0.3, -0.25) is 0 Å². The molecule has 0 radical (unpaired) electrons. The zero-order chi connectivity index (χ0) is 10.9. The molecule has 0 aliphatic rings. The van der Waals surface area contributed by atoms with Crippen LogP contribution in [0.1, 0.15) is 27.2 Å². The van der Waals surface area contributed by atoms with E-state index in [4.69, 9.17) is 10.3 Å². The summed E-state index contributed by atoms with van der Waals surface area (Å²) in [7, 11) is 0. The summed E-state index contributed by atoms with van der Waals surface area (Å²) in [6.45, 7) is 9.00. The number of azide groups is 1. The summed E-state index contributed by atoms with van der Waals surface area (Å²) in [5, 5.41) is 6.73. The van der Waals surface area contributed by atoms with Crippen LogP contribution >= 0.6 is 0 Å². The minimum Gasteiger partial charge on any atom is -0.381 e. The van der Waals surface area contributed by atoms with Crippen LogP contribution < -0.4 is 5.32 Å². The molecule has 82 valence electrons. The average molecular weight is 200 g/mol. The van der Waals surface area contributed by atoms with Gasteiger partial charge in [-0.25, -0.2) is 0 Å². The lowest BCUT2D eigenvalue weighted by Crippen LogP contribution is -2.36. The monoisotopic (exact) mass is 200 g/mol. The highest BCUT2D eigenvalue weighted by molar-refractivity contribution is 4.69. The van der Waals surface area contributed by atoms with E-state index in [-0.39, 0.29) is 5.54 Å². The highest BCUT2D eigenvalue weighted by Gasteiger charge is 2.06. The zero-order valence-corrected chi connectivity index (χ0v) is 9.29. The van der Waals surface area contributed by atoms with Crippen molar-refractivity contribution in [2.75, 3.05) is 26.3 Å². The molecule has 0 aliphatic heterocycles. The SMILES string of the molecule is CC(C)(C)NCCCOCCN=[N+]=[N-]. The highest BCUT2D eigenvalue weighted by atomic mass is 16.5. The van der Waals surface area contributed by atoms with Crippen LogP contribution in [0.5, 0.6) is 0 Å². The third-order valence-electron chi connectivity index (χ3n) is 1.52. The van der Waals surface area contributed by atoms with E-state index in [0.29, 0.717) is 19.8 Å². The van der Waals surface area contributed by atoms with Gasteiger partial charge in [0.15, 0.2) is 0 Å². The Bertz CT molecular complexity index is 182. The summed E-state index contributed by atoms with van der Waals surface area (Å²) < 4.78 is 5.25. The Morgan fingerprint density at radius 2 is 2.07 bits per heavy atom. The van der Waals surface area contributed by atoms with E-state index < -0.39 is 0 Å². The van der Waals surface area contributed by atoms with Gasteiger partial charge >= 0.3 is 0 Å². The van der Waals surface area contributed by atoms with E-state index in [9.17, 15) is 0 Å². The maximum absolute atomic E-state index is 7.99. The summed E-state index contributed by atoms with van der Waals surface area (Å²) in [5.41, 5.74) is 8.16. The normalized spacial score (nSPS) is 11.1. The van der Waals surface area contributed by atoms with Crippen LogP contribution in [0.2, 0.25) is 0 Å². The number of nitrogens with zero attached hydrogens (tertiary/aromatic N) is 3. The first-order chi connectivity index (χ1) is 6.56. The highest BCUT2D eigenvalue weighted by Crippen LogP contribution is 1.97. The molecular weight excluding hydrogens is 180 g/mol. The topological polar surface area (TPSA) is 70.0 Å². The standard InChI is InChI=1S/C9H20N4O/c1-9(2,3)11-5-4-7-14-8-6-12-13-10/h11H,4-8H2,1-3H3. The molecule has 0 atom stereocenters. The van der Waals surface area contributed by atoms with E-state index in [1.165, 1.54) is 0 Å². The van der Waals surface area contributed by atoms with Gasteiger partial charge in [0.1, 0.15) is 0 Å². The Morgan fingerprint density at radius 1 is 1.36 bits per heavy atom. The van der Waals surface area contributed by atoms with Crippen molar-refractivity contribution in [1.29, 1.82) is 0 Å². The van der Waals surface area contributed by atoms with Crippen molar-refractivity contribution in [1.82, 2.24) is 5.32 Å². The number of nitrogens with one attached hydrogen (secondary N) is 1. The van der Waals surface area contributed by atoms with E-state index in [1.807, 2.05) is 0 Å². The fraction of sp³-hybridized carbons (Fsp3) is 1.00. The molecular formula is C9H20N4O. The lowest BCUT2D eigenvalue weighted by molar-refractivity contribution is 0.137. The molecule has 5 heteroatoms. The molecule has 0 bridgehead atoms. The van der Waals surface area contributed by atoms with Crippen LogP contribution in [0, 0.1) is 0 Å². The van der Waals surface area contributed by atoms with Crippen molar-refractivity contribution in [3.05, 3.63) is 10.4 Å². The van der Waals surface area contributed by atoms with E-state index >= 15 is 0 Å². The second kappa shape index (κ2) is 7.62. The van der Waals surface area contributed by atoms with Gasteiger partial charge in [-0.2, -0.15) is 0 Å². The van der Waals surface area contributed by atoms with Gasteiger partial charge in [0.2, 0.25) is 0 Å². The first-order valence-electron chi connectivity index (χ1n) is 4.90. The van der Waals surface area contributed by atoms with Gasteiger partial charge in [-0.05, 0) is 39.3 Å². The molecule has 0 amide bonds. The van der Waals surface area contributed by atoms with Gasteiger partial charge in [-0.15, -0.1) is 0 Å². The molecule has 1 N–H and O–H groups in total. The Balaban J connectivity index is 3.10. The maximum Gasteiger partial charge on any atom is 0.0522 e. The number of ether oxygens (including phenoxy) is 1. The van der Waals surface area contributed by atoms with Gasteiger partial charge < -0.3 is 10.1 Å². The molecule has 5 nitrogen and oxygen atoms in total. The summed E-state index contributed by atoms with van der Waals surface area (Å²) >= 11 is 0.